The number of carbonyl (C=O) groups is 3. The fourth-order valence-corrected chi connectivity index (χ4v) is 3.15. The van der Waals surface area contributed by atoms with Crippen molar-refractivity contribution in [1.82, 2.24) is 9.97 Å². The van der Waals surface area contributed by atoms with E-state index in [4.69, 9.17) is 4.74 Å². The first kappa shape index (κ1) is 30.1. The van der Waals surface area contributed by atoms with E-state index in [0.717, 1.165) is 37.5 Å². The molecule has 36 heavy (non-hydrogen) atoms. The summed E-state index contributed by atoms with van der Waals surface area (Å²) in [5.74, 6) is -3.96. The molecule has 2 aromatic heterocycles. The molecule has 0 unspecified atom stereocenters. The Bertz CT molecular complexity index is 914. The lowest BCUT2D eigenvalue weighted by Crippen LogP contribution is -2.28. The Kier molecular flexibility index (Phi) is 16.2. The van der Waals surface area contributed by atoms with E-state index in [2.05, 4.69) is 26.9 Å². The zero-order valence-electron chi connectivity index (χ0n) is 20.7. The molecule has 2 heterocycles. The van der Waals surface area contributed by atoms with Gasteiger partial charge in [-0.3, -0.25) is 19.9 Å². The number of imidazole rings is 2. The number of unbranched alkanes of at least 4 members (excludes halogenated alkanes) is 8. The number of rotatable bonds is 13. The lowest BCUT2D eigenvalue weighted by molar-refractivity contribution is -0.376. The van der Waals surface area contributed by atoms with Crippen LogP contribution in [0.3, 0.4) is 0 Å². The van der Waals surface area contributed by atoms with Gasteiger partial charge in [-0.05, 0) is 24.1 Å². The summed E-state index contributed by atoms with van der Waals surface area (Å²) in [5.41, 5.74) is -1.06. The van der Waals surface area contributed by atoms with Gasteiger partial charge < -0.3 is 24.5 Å². The molecule has 10 nitrogen and oxygen atoms in total. The second kappa shape index (κ2) is 19.4. The quantitative estimate of drug-likeness (QED) is 0.268. The number of H-pyrrole nitrogens is 4. The first-order chi connectivity index (χ1) is 17.5. The number of carbonyl (C=O) groups excluding carboxylic acids is 3. The molecule has 0 aliphatic carbocycles. The maximum atomic E-state index is 12.0. The van der Waals surface area contributed by atoms with Crippen molar-refractivity contribution in [1.29, 1.82) is 0 Å². The zero-order valence-corrected chi connectivity index (χ0v) is 20.7. The van der Waals surface area contributed by atoms with Gasteiger partial charge >= 0.3 is 5.97 Å². The smallest absolute Gasteiger partial charge is 0.338 e. The fourth-order valence-electron chi connectivity index (χ4n) is 3.15. The predicted octanol–water partition coefficient (Wildman–Crippen LogP) is 1.76. The number of aromatic nitrogens is 4. The van der Waals surface area contributed by atoms with Gasteiger partial charge in [0.2, 0.25) is 12.7 Å². The van der Waals surface area contributed by atoms with E-state index in [-0.39, 0.29) is 17.7 Å². The van der Waals surface area contributed by atoms with Gasteiger partial charge in [0.05, 0.1) is 24.1 Å². The number of carboxylic acid groups (broad SMARTS) is 2. The summed E-state index contributed by atoms with van der Waals surface area (Å²) in [7, 11) is 0. The van der Waals surface area contributed by atoms with E-state index >= 15 is 0 Å². The molecule has 0 atom stereocenters. The molecule has 0 fully saturated rings. The molecule has 0 radical (unpaired) electrons. The monoisotopic (exact) mass is 500 g/mol. The Morgan fingerprint density at radius 1 is 0.778 bits per heavy atom. The van der Waals surface area contributed by atoms with Gasteiger partial charge in [-0.25, -0.2) is 4.79 Å². The summed E-state index contributed by atoms with van der Waals surface area (Å²) in [6.07, 6.45) is 21.0. The van der Waals surface area contributed by atoms with Crippen LogP contribution in [0.2, 0.25) is 0 Å². The Morgan fingerprint density at radius 3 is 1.75 bits per heavy atom. The number of carboxylic acids is 2. The van der Waals surface area contributed by atoms with Crippen molar-refractivity contribution in [2.24, 2.45) is 0 Å². The van der Waals surface area contributed by atoms with E-state index in [1.54, 1.807) is 12.7 Å². The summed E-state index contributed by atoms with van der Waals surface area (Å²) in [6.45, 7) is 2.39. The van der Waals surface area contributed by atoms with E-state index in [1.165, 1.54) is 32.1 Å². The van der Waals surface area contributed by atoms with Gasteiger partial charge in [0, 0.05) is 5.56 Å². The molecule has 0 amide bonds. The number of ether oxygens (including phenoxy) is 1. The molecule has 0 bridgehead atoms. The number of nitrogens with one attached hydrogen (secondary N) is 4. The van der Waals surface area contributed by atoms with Crippen LogP contribution in [-0.2, 0) is 4.74 Å². The van der Waals surface area contributed by atoms with Crippen molar-refractivity contribution in [3.8, 4) is 0 Å². The minimum Gasteiger partial charge on any atom is -0.545 e. The summed E-state index contributed by atoms with van der Waals surface area (Å²) in [5, 5.41) is 21.9. The molecule has 0 saturated heterocycles. The lowest BCUT2D eigenvalue weighted by Gasteiger charge is -2.12. The Morgan fingerprint density at radius 2 is 1.33 bits per heavy atom. The normalized spacial score (nSPS) is 9.81. The Labute approximate surface area is 211 Å². The van der Waals surface area contributed by atoms with E-state index in [0.29, 0.717) is 6.42 Å². The number of benzene rings is 1. The number of esters is 1. The molecule has 3 rings (SSSR count). The van der Waals surface area contributed by atoms with Crippen LogP contribution in [0.5, 0.6) is 0 Å². The first-order valence-corrected chi connectivity index (χ1v) is 12.2. The molecule has 10 heteroatoms. The van der Waals surface area contributed by atoms with Gasteiger partial charge in [0.15, 0.2) is 0 Å². The van der Waals surface area contributed by atoms with Crippen LogP contribution >= 0.6 is 0 Å². The van der Waals surface area contributed by atoms with Crippen LogP contribution in [0.1, 0.15) is 95.8 Å². The van der Waals surface area contributed by atoms with Gasteiger partial charge in [-0.1, -0.05) is 64.4 Å². The zero-order chi connectivity index (χ0) is 26.4. The maximum absolute atomic E-state index is 12.0. The van der Waals surface area contributed by atoms with Crippen LogP contribution in [0.25, 0.3) is 0 Å². The van der Waals surface area contributed by atoms with Crippen LogP contribution in [0, 0.1) is 0 Å². The summed E-state index contributed by atoms with van der Waals surface area (Å²) < 4.78 is 5.09. The molecule has 0 aliphatic rings. The van der Waals surface area contributed by atoms with Gasteiger partial charge in [0.25, 0.3) is 0 Å². The second-order valence-corrected chi connectivity index (χ2v) is 7.92. The van der Waals surface area contributed by atoms with Crippen LogP contribution in [-0.4, -0.2) is 34.5 Å². The van der Waals surface area contributed by atoms with Crippen molar-refractivity contribution >= 4 is 17.9 Å². The highest BCUT2D eigenvalue weighted by molar-refractivity contribution is 6.03. The molecule has 1 aromatic carbocycles. The topological polar surface area (TPSA) is 166 Å². The minimum absolute atomic E-state index is 0.198. The maximum Gasteiger partial charge on any atom is 0.338 e. The molecule has 0 saturated carbocycles. The van der Waals surface area contributed by atoms with E-state index in [9.17, 15) is 24.6 Å². The molecule has 196 valence electrons. The lowest BCUT2D eigenvalue weighted by atomic mass is 10.0. The van der Waals surface area contributed by atoms with Crippen molar-refractivity contribution in [3.63, 3.8) is 0 Å². The molecule has 0 spiro atoms. The predicted molar refractivity (Wildman–Crippen MR) is 127 cm³/mol. The van der Waals surface area contributed by atoms with E-state index in [1.807, 2.05) is 24.8 Å². The minimum atomic E-state index is -1.64. The summed E-state index contributed by atoms with van der Waals surface area (Å²) >= 11 is 0. The van der Waals surface area contributed by atoms with Gasteiger partial charge in [-0.2, -0.15) is 0 Å². The van der Waals surface area contributed by atoms with E-state index < -0.39 is 23.5 Å². The number of aromatic carboxylic acids is 2. The Hall–Kier alpha value is -3.95. The summed E-state index contributed by atoms with van der Waals surface area (Å²) in [6, 6.07) is 3.06. The second-order valence-electron chi connectivity index (χ2n) is 7.92. The number of aromatic amines is 4. The van der Waals surface area contributed by atoms with Crippen LogP contribution in [0.4, 0.5) is 0 Å². The van der Waals surface area contributed by atoms with Crippen molar-refractivity contribution in [2.75, 3.05) is 6.61 Å². The molecular formula is C26H36N4O6. The standard InChI is InChI=1S/C20H28O6.2C3H4N2/c1-2-3-4-5-6-7-8-9-10-13-26-20(25)16-12-11-15(18(21)22)14-17(16)19(23)24;2*1-2-5-3-4-1/h11-12,14H,2-10,13H2,1H3,(H,21,22)(H,23,24);2*1-3H,(H,4,5). The first-order valence-electron chi connectivity index (χ1n) is 12.2. The van der Waals surface area contributed by atoms with Gasteiger partial charge in [-0.15, -0.1) is 0 Å². The fraction of sp³-hybridized carbons (Fsp3) is 0.423. The molecule has 3 aromatic rings. The third-order valence-electron chi connectivity index (χ3n) is 5.06. The third-order valence-corrected chi connectivity index (χ3v) is 5.06. The summed E-state index contributed by atoms with van der Waals surface area (Å²) in [4.78, 5) is 45.1. The van der Waals surface area contributed by atoms with Crippen molar-refractivity contribution in [2.45, 2.75) is 64.7 Å². The van der Waals surface area contributed by atoms with Crippen molar-refractivity contribution in [3.05, 3.63) is 72.3 Å². The highest BCUT2D eigenvalue weighted by atomic mass is 16.5. The SMILES string of the molecule is CCCCCCCCCCCOC(=O)c1ccc(C(=O)[O-])cc1C(=O)[O-].c1c[nH+]c[nH]1.c1c[nH+]c[nH]1. The van der Waals surface area contributed by atoms with Crippen molar-refractivity contribution < 1.29 is 39.3 Å². The van der Waals surface area contributed by atoms with Crippen LogP contribution in [0.15, 0.2) is 55.6 Å². The van der Waals surface area contributed by atoms with Crippen LogP contribution < -0.4 is 20.2 Å². The Balaban J connectivity index is 0.000000526. The average molecular weight is 501 g/mol. The largest absolute Gasteiger partial charge is 0.545 e. The number of hydrogen-bond donors (Lipinski definition) is 2. The number of hydrogen-bond acceptors (Lipinski definition) is 6. The molecule has 4 N–H and O–H groups in total. The highest BCUT2D eigenvalue weighted by Crippen LogP contribution is 2.14. The average Bonchev–Trinajstić information content (AvgIpc) is 3.64. The third kappa shape index (κ3) is 13.7. The molecule has 0 aliphatic heterocycles. The highest BCUT2D eigenvalue weighted by Gasteiger charge is 2.14. The van der Waals surface area contributed by atoms with Gasteiger partial charge in [0.1, 0.15) is 24.8 Å². The molecular weight excluding hydrogens is 464 g/mol.